The highest BCUT2D eigenvalue weighted by molar-refractivity contribution is 5.92. The molecule has 1 aliphatic carbocycles. The van der Waals surface area contributed by atoms with Gasteiger partial charge in [-0.05, 0) is 38.5 Å². The lowest BCUT2D eigenvalue weighted by Crippen LogP contribution is -2.21. The second-order valence-corrected chi connectivity index (χ2v) is 12.7. The summed E-state index contributed by atoms with van der Waals surface area (Å²) >= 11 is 0. The van der Waals surface area contributed by atoms with E-state index in [0.29, 0.717) is 24.6 Å². The molecule has 0 saturated carbocycles. The lowest BCUT2D eigenvalue weighted by Gasteiger charge is -2.19. The standard InChI is InChI=1S/C36H64N4O2/c1-3-5-7-9-11-13-15-17-19-21-23-29-33(41)38-35-31-27-25-26-28-32(31)37-36(40-35)39-34(42)30-24-22-20-18-16-14-12-10-8-6-4-2/h3-30H2,1-2H3,(H2,37,38,39,40,41,42). The van der Waals surface area contributed by atoms with E-state index >= 15 is 0 Å². The van der Waals surface area contributed by atoms with Gasteiger partial charge in [-0.25, -0.2) is 4.98 Å². The van der Waals surface area contributed by atoms with Gasteiger partial charge in [-0.15, -0.1) is 0 Å². The topological polar surface area (TPSA) is 84.0 Å². The lowest BCUT2D eigenvalue weighted by atomic mass is 9.96. The second-order valence-electron chi connectivity index (χ2n) is 12.7. The smallest absolute Gasteiger partial charge is 0.231 e. The number of unbranched alkanes of at least 4 members (excludes halogenated alkanes) is 20. The molecule has 6 heteroatoms. The Labute approximate surface area is 258 Å². The number of fused-ring (bicyclic) bond motifs is 1. The molecule has 0 bridgehead atoms. The summed E-state index contributed by atoms with van der Waals surface area (Å²) in [4.78, 5) is 34.6. The van der Waals surface area contributed by atoms with Gasteiger partial charge in [0, 0.05) is 18.4 Å². The minimum Gasteiger partial charge on any atom is -0.310 e. The van der Waals surface area contributed by atoms with Crippen molar-refractivity contribution in [1.29, 1.82) is 0 Å². The van der Waals surface area contributed by atoms with E-state index in [1.807, 2.05) is 0 Å². The number of rotatable bonds is 26. The number of anilines is 2. The first-order valence-electron chi connectivity index (χ1n) is 18.1. The Kier molecular flexibility index (Phi) is 21.1. The lowest BCUT2D eigenvalue weighted by molar-refractivity contribution is -0.117. The van der Waals surface area contributed by atoms with Crippen molar-refractivity contribution in [1.82, 2.24) is 9.97 Å². The van der Waals surface area contributed by atoms with Gasteiger partial charge in [-0.2, -0.15) is 4.98 Å². The molecular formula is C36H64N4O2. The summed E-state index contributed by atoms with van der Waals surface area (Å²) in [6.07, 6.45) is 32.9. The van der Waals surface area contributed by atoms with Crippen molar-refractivity contribution in [3.05, 3.63) is 11.3 Å². The molecule has 0 fully saturated rings. The number of carbonyl (C=O) groups excluding carboxylic acids is 2. The molecule has 0 unspecified atom stereocenters. The van der Waals surface area contributed by atoms with Crippen LogP contribution in [0.5, 0.6) is 0 Å². The molecule has 0 aromatic carbocycles. The summed E-state index contributed by atoms with van der Waals surface area (Å²) in [5.41, 5.74) is 2.03. The Balaban J connectivity index is 1.64. The summed E-state index contributed by atoms with van der Waals surface area (Å²) < 4.78 is 0. The van der Waals surface area contributed by atoms with Crippen LogP contribution in [0.1, 0.15) is 192 Å². The predicted octanol–water partition coefficient (Wildman–Crippen LogP) is 10.6. The fraction of sp³-hybridized carbons (Fsp3) is 0.833. The maximum Gasteiger partial charge on any atom is 0.231 e. The molecule has 1 aromatic heterocycles. The SMILES string of the molecule is CCCCCCCCCCCCCC(=O)Nc1nc2c(c(NC(=O)CCCCCCCCCCCCC)n1)CCCC2. The van der Waals surface area contributed by atoms with Gasteiger partial charge in [0.05, 0.1) is 5.69 Å². The number of amides is 2. The van der Waals surface area contributed by atoms with Crippen LogP contribution in [-0.2, 0) is 22.4 Å². The molecule has 2 N–H and O–H groups in total. The van der Waals surface area contributed by atoms with Crippen LogP contribution in [0.3, 0.4) is 0 Å². The van der Waals surface area contributed by atoms with Crippen molar-refractivity contribution in [2.45, 2.75) is 194 Å². The number of hydrogen-bond donors (Lipinski definition) is 2. The molecule has 42 heavy (non-hydrogen) atoms. The normalized spacial score (nSPS) is 12.7. The summed E-state index contributed by atoms with van der Waals surface area (Å²) in [6, 6.07) is 0. The third-order valence-corrected chi connectivity index (χ3v) is 8.71. The molecule has 0 radical (unpaired) electrons. The summed E-state index contributed by atoms with van der Waals surface area (Å²) in [6.45, 7) is 4.53. The van der Waals surface area contributed by atoms with Gasteiger partial charge in [0.2, 0.25) is 17.8 Å². The number of aromatic nitrogens is 2. The first-order valence-corrected chi connectivity index (χ1v) is 18.1. The zero-order valence-electron chi connectivity index (χ0n) is 27.5. The minimum atomic E-state index is -0.0279. The fourth-order valence-electron chi connectivity index (χ4n) is 6.03. The Morgan fingerprint density at radius 2 is 0.929 bits per heavy atom. The largest absolute Gasteiger partial charge is 0.310 e. The highest BCUT2D eigenvalue weighted by atomic mass is 16.2. The Hall–Kier alpha value is -1.98. The van der Waals surface area contributed by atoms with Gasteiger partial charge in [0.25, 0.3) is 0 Å². The molecule has 2 amide bonds. The first kappa shape index (κ1) is 36.2. The maximum absolute atomic E-state index is 12.8. The predicted molar refractivity (Wildman–Crippen MR) is 178 cm³/mol. The number of aryl methyl sites for hydroxylation is 1. The van der Waals surface area contributed by atoms with Crippen LogP contribution in [0.2, 0.25) is 0 Å². The van der Waals surface area contributed by atoms with Crippen molar-refractivity contribution < 1.29 is 9.59 Å². The summed E-state index contributed by atoms with van der Waals surface area (Å²) in [7, 11) is 0. The number of hydrogen-bond acceptors (Lipinski definition) is 4. The van der Waals surface area contributed by atoms with E-state index in [1.54, 1.807) is 0 Å². The van der Waals surface area contributed by atoms with E-state index in [-0.39, 0.29) is 11.8 Å². The second kappa shape index (κ2) is 24.5. The number of nitrogens with zero attached hydrogens (tertiary/aromatic N) is 2. The molecule has 240 valence electrons. The Morgan fingerprint density at radius 1 is 0.524 bits per heavy atom. The van der Waals surface area contributed by atoms with Crippen molar-refractivity contribution in [2.75, 3.05) is 10.6 Å². The monoisotopic (exact) mass is 585 g/mol. The van der Waals surface area contributed by atoms with Gasteiger partial charge >= 0.3 is 0 Å². The molecule has 1 aromatic rings. The quantitative estimate of drug-likeness (QED) is 0.106. The van der Waals surface area contributed by atoms with Crippen LogP contribution in [0.4, 0.5) is 11.8 Å². The third-order valence-electron chi connectivity index (χ3n) is 8.71. The van der Waals surface area contributed by atoms with Crippen LogP contribution in [-0.4, -0.2) is 21.8 Å². The van der Waals surface area contributed by atoms with Crippen LogP contribution >= 0.6 is 0 Å². The molecule has 6 nitrogen and oxygen atoms in total. The fourth-order valence-corrected chi connectivity index (χ4v) is 6.03. The van der Waals surface area contributed by atoms with Gasteiger partial charge < -0.3 is 5.32 Å². The molecule has 0 saturated heterocycles. The average Bonchev–Trinajstić information content (AvgIpc) is 2.98. The van der Waals surface area contributed by atoms with Crippen molar-refractivity contribution in [3.63, 3.8) is 0 Å². The van der Waals surface area contributed by atoms with Crippen molar-refractivity contribution in [3.8, 4) is 0 Å². The highest BCUT2D eigenvalue weighted by Gasteiger charge is 2.20. The summed E-state index contributed by atoms with van der Waals surface area (Å²) in [5.74, 6) is 0.946. The van der Waals surface area contributed by atoms with Gasteiger partial charge in [-0.1, -0.05) is 142 Å². The zero-order valence-corrected chi connectivity index (χ0v) is 27.5. The van der Waals surface area contributed by atoms with Crippen LogP contribution < -0.4 is 10.6 Å². The third kappa shape index (κ3) is 17.2. The van der Waals surface area contributed by atoms with Gasteiger partial charge in [0.1, 0.15) is 5.82 Å². The molecule has 0 aliphatic heterocycles. The molecule has 1 aliphatic rings. The number of nitrogens with one attached hydrogen (secondary N) is 2. The molecule has 2 rings (SSSR count). The molecule has 0 atom stereocenters. The van der Waals surface area contributed by atoms with E-state index in [2.05, 4.69) is 34.4 Å². The molecule has 0 spiro atoms. The van der Waals surface area contributed by atoms with Crippen LogP contribution in [0.25, 0.3) is 0 Å². The van der Waals surface area contributed by atoms with Gasteiger partial charge in [-0.3, -0.25) is 14.9 Å². The van der Waals surface area contributed by atoms with E-state index in [1.165, 1.54) is 116 Å². The average molecular weight is 585 g/mol. The van der Waals surface area contributed by atoms with E-state index in [0.717, 1.165) is 62.6 Å². The minimum absolute atomic E-state index is 0.0237. The van der Waals surface area contributed by atoms with E-state index in [4.69, 9.17) is 0 Å². The van der Waals surface area contributed by atoms with Crippen LogP contribution in [0, 0.1) is 0 Å². The summed E-state index contributed by atoms with van der Waals surface area (Å²) in [5, 5.41) is 5.99. The number of carbonyl (C=O) groups is 2. The van der Waals surface area contributed by atoms with Gasteiger partial charge in [0.15, 0.2) is 0 Å². The zero-order chi connectivity index (χ0) is 30.1. The Morgan fingerprint density at radius 3 is 1.40 bits per heavy atom. The van der Waals surface area contributed by atoms with Crippen molar-refractivity contribution >= 4 is 23.6 Å². The highest BCUT2D eigenvalue weighted by Crippen LogP contribution is 2.27. The molecule has 1 heterocycles. The first-order chi connectivity index (χ1) is 20.6. The molecular weight excluding hydrogens is 520 g/mol. The van der Waals surface area contributed by atoms with Crippen LogP contribution in [0.15, 0.2) is 0 Å². The van der Waals surface area contributed by atoms with E-state index in [9.17, 15) is 9.59 Å². The maximum atomic E-state index is 12.8. The Bertz CT molecular complexity index is 857. The van der Waals surface area contributed by atoms with Crippen molar-refractivity contribution in [2.24, 2.45) is 0 Å². The van der Waals surface area contributed by atoms with E-state index < -0.39 is 0 Å².